The van der Waals surface area contributed by atoms with Gasteiger partial charge >= 0.3 is 0 Å². The molecule has 1 aromatic carbocycles. The van der Waals surface area contributed by atoms with Crippen molar-refractivity contribution in [2.45, 2.75) is 32.6 Å². The average Bonchev–Trinajstić information content (AvgIpc) is 3.33. The summed E-state index contributed by atoms with van der Waals surface area (Å²) < 4.78 is 5.79. The van der Waals surface area contributed by atoms with E-state index >= 15 is 0 Å². The van der Waals surface area contributed by atoms with Gasteiger partial charge in [0, 0.05) is 27.4 Å². The van der Waals surface area contributed by atoms with Crippen LogP contribution in [0.5, 0.6) is 0 Å². The van der Waals surface area contributed by atoms with Crippen LogP contribution in [0.4, 0.5) is 5.69 Å². The van der Waals surface area contributed by atoms with Crippen LogP contribution in [0.2, 0.25) is 0 Å². The van der Waals surface area contributed by atoms with Crippen LogP contribution in [0.25, 0.3) is 21.7 Å². The number of benzene rings is 1. The molecule has 0 bridgehead atoms. The van der Waals surface area contributed by atoms with Crippen molar-refractivity contribution in [3.8, 4) is 10.6 Å². The Morgan fingerprint density at radius 3 is 2.78 bits per heavy atom. The number of nitrogens with zero attached hydrogens (tertiary/aromatic N) is 2. The number of thiazole rings is 1. The van der Waals surface area contributed by atoms with Gasteiger partial charge in [-0.1, -0.05) is 20.8 Å². The largest absolute Gasteiger partial charge is 0.440 e. The summed E-state index contributed by atoms with van der Waals surface area (Å²) in [4.78, 5) is 21.5. The first-order chi connectivity index (χ1) is 12.9. The van der Waals surface area contributed by atoms with Crippen LogP contribution >= 0.6 is 22.7 Å². The van der Waals surface area contributed by atoms with Gasteiger partial charge in [0.2, 0.25) is 11.8 Å². The van der Waals surface area contributed by atoms with Gasteiger partial charge in [0.05, 0.1) is 12.1 Å². The lowest BCUT2D eigenvalue weighted by atomic mass is 9.97. The molecule has 4 aromatic rings. The van der Waals surface area contributed by atoms with Crippen molar-refractivity contribution in [3.63, 3.8) is 0 Å². The molecule has 0 aliphatic rings. The van der Waals surface area contributed by atoms with Crippen LogP contribution in [0.1, 0.15) is 32.4 Å². The summed E-state index contributed by atoms with van der Waals surface area (Å²) in [6.07, 6.45) is 0.241. The Morgan fingerprint density at radius 1 is 1.19 bits per heavy atom. The number of hydrogen-bond acceptors (Lipinski definition) is 6. The quantitative estimate of drug-likeness (QED) is 0.494. The third-order valence-corrected chi connectivity index (χ3v) is 5.60. The van der Waals surface area contributed by atoms with Gasteiger partial charge < -0.3 is 9.73 Å². The van der Waals surface area contributed by atoms with Crippen molar-refractivity contribution in [2.24, 2.45) is 0 Å². The molecule has 27 heavy (non-hydrogen) atoms. The second-order valence-corrected chi connectivity index (χ2v) is 8.97. The number of carbonyl (C=O) groups excluding carboxylic acids is 1. The van der Waals surface area contributed by atoms with Gasteiger partial charge in [-0.2, -0.15) is 11.3 Å². The standard InChI is InChI=1S/C20H19N3O2S2/c1-20(2,3)19-23-15-8-13(4-5-16(15)25-19)21-17(24)9-14-11-27-18(22-14)12-6-7-26-10-12/h4-8,10-11H,9H2,1-3H3,(H,21,24). The molecular formula is C20H19N3O2S2. The predicted molar refractivity (Wildman–Crippen MR) is 110 cm³/mol. The van der Waals surface area contributed by atoms with E-state index in [0.29, 0.717) is 11.6 Å². The van der Waals surface area contributed by atoms with Crippen LogP contribution in [0.3, 0.4) is 0 Å². The second kappa shape index (κ2) is 6.90. The molecule has 3 heterocycles. The molecule has 0 aliphatic carbocycles. The number of amides is 1. The Kier molecular flexibility index (Phi) is 4.57. The van der Waals surface area contributed by atoms with Crippen LogP contribution in [0, 0.1) is 0 Å². The van der Waals surface area contributed by atoms with E-state index in [4.69, 9.17) is 4.42 Å². The number of thiophene rings is 1. The van der Waals surface area contributed by atoms with Crippen LogP contribution in [0.15, 0.2) is 44.8 Å². The maximum Gasteiger partial charge on any atom is 0.230 e. The maximum atomic E-state index is 12.4. The van der Waals surface area contributed by atoms with E-state index in [1.54, 1.807) is 22.7 Å². The number of oxazole rings is 1. The molecule has 0 fully saturated rings. The monoisotopic (exact) mass is 397 g/mol. The van der Waals surface area contributed by atoms with Gasteiger partial charge in [-0.25, -0.2) is 9.97 Å². The summed E-state index contributed by atoms with van der Waals surface area (Å²) in [6.45, 7) is 6.16. The number of anilines is 1. The molecule has 0 atom stereocenters. The zero-order chi connectivity index (χ0) is 19.0. The zero-order valence-electron chi connectivity index (χ0n) is 15.3. The lowest BCUT2D eigenvalue weighted by molar-refractivity contribution is -0.115. The average molecular weight is 398 g/mol. The lowest BCUT2D eigenvalue weighted by Gasteiger charge is -2.11. The summed E-state index contributed by atoms with van der Waals surface area (Å²) in [6, 6.07) is 7.54. The van der Waals surface area contributed by atoms with Gasteiger partial charge in [0.15, 0.2) is 5.58 Å². The second-order valence-electron chi connectivity index (χ2n) is 7.33. The van der Waals surface area contributed by atoms with E-state index < -0.39 is 0 Å². The fourth-order valence-corrected chi connectivity index (χ4v) is 4.13. The molecule has 0 saturated carbocycles. The number of aromatic nitrogens is 2. The van der Waals surface area contributed by atoms with Crippen molar-refractivity contribution in [3.05, 3.63) is 52.0 Å². The van der Waals surface area contributed by atoms with Gasteiger partial charge in [0.25, 0.3) is 0 Å². The van der Waals surface area contributed by atoms with E-state index in [-0.39, 0.29) is 17.7 Å². The Morgan fingerprint density at radius 2 is 2.04 bits per heavy atom. The maximum absolute atomic E-state index is 12.4. The Balaban J connectivity index is 1.46. The molecular weight excluding hydrogens is 378 g/mol. The molecule has 0 radical (unpaired) electrons. The van der Waals surface area contributed by atoms with Crippen LogP contribution < -0.4 is 5.32 Å². The van der Waals surface area contributed by atoms with Crippen molar-refractivity contribution >= 4 is 45.4 Å². The molecule has 0 spiro atoms. The summed E-state index contributed by atoms with van der Waals surface area (Å²) in [7, 11) is 0. The minimum absolute atomic E-state index is 0.101. The van der Waals surface area contributed by atoms with E-state index in [1.165, 1.54) is 0 Å². The summed E-state index contributed by atoms with van der Waals surface area (Å²) >= 11 is 3.19. The highest BCUT2D eigenvalue weighted by Gasteiger charge is 2.21. The first kappa shape index (κ1) is 17.9. The first-order valence-corrected chi connectivity index (χ1v) is 10.4. The molecule has 0 saturated heterocycles. The number of fused-ring (bicyclic) bond motifs is 1. The molecule has 1 amide bonds. The van der Waals surface area contributed by atoms with Gasteiger partial charge in [-0.15, -0.1) is 11.3 Å². The molecule has 0 aliphatic heterocycles. The van der Waals surface area contributed by atoms with Crippen molar-refractivity contribution in [1.29, 1.82) is 0 Å². The highest BCUT2D eigenvalue weighted by atomic mass is 32.1. The summed E-state index contributed by atoms with van der Waals surface area (Å²) in [5, 5.41) is 9.88. The van der Waals surface area contributed by atoms with Gasteiger partial charge in [-0.3, -0.25) is 4.79 Å². The minimum atomic E-state index is -0.160. The predicted octanol–water partition coefficient (Wildman–Crippen LogP) is 5.49. The lowest BCUT2D eigenvalue weighted by Crippen LogP contribution is -2.14. The first-order valence-electron chi connectivity index (χ1n) is 8.56. The molecule has 7 heteroatoms. The van der Waals surface area contributed by atoms with Crippen LogP contribution in [-0.2, 0) is 16.6 Å². The minimum Gasteiger partial charge on any atom is -0.440 e. The third kappa shape index (κ3) is 3.94. The molecule has 4 rings (SSSR count). The molecule has 0 unspecified atom stereocenters. The normalized spacial score (nSPS) is 11.8. The fraction of sp³-hybridized carbons (Fsp3) is 0.250. The van der Waals surface area contributed by atoms with E-state index in [9.17, 15) is 4.79 Å². The Hall–Kier alpha value is -2.51. The van der Waals surface area contributed by atoms with Gasteiger partial charge in [-0.05, 0) is 29.6 Å². The van der Waals surface area contributed by atoms with E-state index in [0.717, 1.165) is 27.4 Å². The molecule has 3 aromatic heterocycles. The Bertz CT molecular complexity index is 1090. The number of nitrogens with one attached hydrogen (secondary N) is 1. The number of hydrogen-bond donors (Lipinski definition) is 1. The highest BCUT2D eigenvalue weighted by molar-refractivity contribution is 7.14. The number of carbonyl (C=O) groups is 1. The van der Waals surface area contributed by atoms with E-state index in [1.807, 2.05) is 35.0 Å². The molecule has 1 N–H and O–H groups in total. The zero-order valence-corrected chi connectivity index (χ0v) is 16.9. The summed E-state index contributed by atoms with van der Waals surface area (Å²) in [5.41, 5.74) is 3.88. The fourth-order valence-electron chi connectivity index (χ4n) is 2.60. The van der Waals surface area contributed by atoms with Crippen molar-refractivity contribution < 1.29 is 9.21 Å². The smallest absolute Gasteiger partial charge is 0.230 e. The van der Waals surface area contributed by atoms with Crippen LogP contribution in [-0.4, -0.2) is 15.9 Å². The number of rotatable bonds is 4. The third-order valence-electron chi connectivity index (χ3n) is 3.97. The Labute approximate surface area is 165 Å². The van der Waals surface area contributed by atoms with Gasteiger partial charge in [0.1, 0.15) is 10.5 Å². The topological polar surface area (TPSA) is 68.0 Å². The summed E-state index contributed by atoms with van der Waals surface area (Å²) in [5.74, 6) is 0.584. The SMILES string of the molecule is CC(C)(C)c1nc2cc(NC(=O)Cc3csc(-c4ccsc4)n3)ccc2o1. The van der Waals surface area contributed by atoms with E-state index in [2.05, 4.69) is 41.4 Å². The molecule has 5 nitrogen and oxygen atoms in total. The molecule has 138 valence electrons. The van der Waals surface area contributed by atoms with Crippen molar-refractivity contribution in [2.75, 3.05) is 5.32 Å². The van der Waals surface area contributed by atoms with Crippen molar-refractivity contribution in [1.82, 2.24) is 9.97 Å². The highest BCUT2D eigenvalue weighted by Crippen LogP contribution is 2.28.